The van der Waals surface area contributed by atoms with Crippen molar-refractivity contribution in [3.05, 3.63) is 33.7 Å². The molecule has 0 saturated carbocycles. The number of hydrogen-bond acceptors (Lipinski definition) is 3. The standard InChI is InChI=1S/C6H3Cl.C4H6N2O3/c7-6-3-4-1-2-5(4)6;1-9-3-2(7)5-4(8)6-3/h1-3H;3H,1H3,(H2,5,6,7,8). The fourth-order valence-electron chi connectivity index (χ4n) is 1.31. The molecule has 0 bridgehead atoms. The fraction of sp³-hybridized carbons (Fsp3) is 0.200. The number of rotatable bonds is 1. The molecular weight excluding hydrogens is 232 g/mol. The number of carbonyl (C=O) groups is 2. The van der Waals surface area contributed by atoms with Crippen molar-refractivity contribution in [1.82, 2.24) is 10.6 Å². The molecule has 0 aromatic heterocycles. The molecule has 3 amide bonds. The molecule has 1 heterocycles. The Labute approximate surface area is 96.0 Å². The predicted molar refractivity (Wildman–Crippen MR) is 56.6 cm³/mol. The third-order valence-electron chi connectivity index (χ3n) is 2.25. The third kappa shape index (κ3) is 1.87. The van der Waals surface area contributed by atoms with Crippen molar-refractivity contribution in [1.29, 1.82) is 0 Å². The first-order valence-electron chi connectivity index (χ1n) is 4.56. The number of ether oxygens (including phenoxy) is 1. The average molecular weight is 241 g/mol. The SMILES string of the molecule is COC1NC(=O)NC1=O.Clc1cc2ccc1=2. The van der Waals surface area contributed by atoms with Crippen LogP contribution in [0, 0.1) is 10.4 Å². The summed E-state index contributed by atoms with van der Waals surface area (Å²) in [6, 6.07) is 5.54. The topological polar surface area (TPSA) is 67.4 Å². The second-order valence-electron chi connectivity index (χ2n) is 3.27. The normalized spacial score (nSPS) is 19.5. The first kappa shape index (κ1) is 10.9. The highest BCUT2D eigenvalue weighted by Crippen LogP contribution is 2.20. The summed E-state index contributed by atoms with van der Waals surface area (Å²) in [7, 11) is 1.34. The number of benzene rings is 1. The molecule has 0 aromatic carbocycles. The summed E-state index contributed by atoms with van der Waals surface area (Å²) >= 11 is 5.60. The van der Waals surface area contributed by atoms with Crippen molar-refractivity contribution < 1.29 is 14.3 Å². The van der Waals surface area contributed by atoms with Gasteiger partial charge in [0.2, 0.25) is 6.23 Å². The van der Waals surface area contributed by atoms with E-state index in [-0.39, 0.29) is 0 Å². The number of amides is 3. The van der Waals surface area contributed by atoms with Crippen LogP contribution in [0.1, 0.15) is 0 Å². The Morgan fingerprint density at radius 3 is 2.25 bits per heavy atom. The molecule has 1 saturated heterocycles. The summed E-state index contributed by atoms with van der Waals surface area (Å²) in [5.74, 6) is -0.442. The largest absolute Gasteiger partial charge is 0.353 e. The highest BCUT2D eigenvalue weighted by Gasteiger charge is 2.28. The summed E-state index contributed by atoms with van der Waals surface area (Å²) in [5.41, 5.74) is 0. The Bertz CT molecular complexity index is 543. The van der Waals surface area contributed by atoms with Gasteiger partial charge in [-0.3, -0.25) is 10.1 Å². The first-order chi connectivity index (χ1) is 7.61. The average Bonchev–Trinajstić information content (AvgIpc) is 2.54. The molecule has 3 rings (SSSR count). The van der Waals surface area contributed by atoms with Crippen LogP contribution in [0.3, 0.4) is 0 Å². The second-order valence-corrected chi connectivity index (χ2v) is 3.68. The van der Waals surface area contributed by atoms with Gasteiger partial charge in [-0.1, -0.05) is 23.7 Å². The molecule has 5 nitrogen and oxygen atoms in total. The Kier molecular flexibility index (Phi) is 2.80. The molecule has 1 atom stereocenters. The van der Waals surface area contributed by atoms with Gasteiger partial charge in [-0.15, -0.1) is 0 Å². The zero-order chi connectivity index (χ0) is 11.7. The number of urea groups is 1. The van der Waals surface area contributed by atoms with Gasteiger partial charge < -0.3 is 10.1 Å². The molecule has 1 unspecified atom stereocenters. The molecule has 2 aliphatic carbocycles. The van der Waals surface area contributed by atoms with E-state index in [1.54, 1.807) is 0 Å². The van der Waals surface area contributed by atoms with Gasteiger partial charge >= 0.3 is 6.03 Å². The molecule has 0 radical (unpaired) electrons. The predicted octanol–water partition coefficient (Wildman–Crippen LogP) is 0.739. The summed E-state index contributed by atoms with van der Waals surface area (Å²) in [6.07, 6.45) is -0.808. The van der Waals surface area contributed by atoms with Crippen LogP contribution in [0.4, 0.5) is 4.79 Å². The van der Waals surface area contributed by atoms with E-state index in [0.29, 0.717) is 0 Å². The molecule has 1 fully saturated rings. The summed E-state index contributed by atoms with van der Waals surface area (Å²) in [4.78, 5) is 20.8. The van der Waals surface area contributed by atoms with Gasteiger partial charge in [0.05, 0.1) is 0 Å². The number of imide groups is 1. The summed E-state index contributed by atoms with van der Waals surface area (Å²) in [5, 5.41) is 7.70. The third-order valence-corrected chi connectivity index (χ3v) is 2.57. The Morgan fingerprint density at radius 2 is 2.12 bits per heavy atom. The molecule has 6 heteroatoms. The van der Waals surface area contributed by atoms with E-state index in [1.165, 1.54) is 17.5 Å². The Hall–Kier alpha value is -1.59. The van der Waals surface area contributed by atoms with Gasteiger partial charge in [0.1, 0.15) is 0 Å². The maximum Gasteiger partial charge on any atom is 0.323 e. The minimum atomic E-state index is -0.808. The lowest BCUT2D eigenvalue weighted by Crippen LogP contribution is -2.30. The van der Waals surface area contributed by atoms with Crippen molar-refractivity contribution in [2.24, 2.45) is 0 Å². The van der Waals surface area contributed by atoms with E-state index in [4.69, 9.17) is 11.6 Å². The lowest BCUT2D eigenvalue weighted by Gasteiger charge is -2.01. The molecule has 0 spiro atoms. The zero-order valence-corrected chi connectivity index (χ0v) is 9.17. The van der Waals surface area contributed by atoms with Crippen LogP contribution < -0.4 is 10.6 Å². The van der Waals surface area contributed by atoms with Crippen molar-refractivity contribution in [3.8, 4) is 0 Å². The monoisotopic (exact) mass is 240 g/mol. The van der Waals surface area contributed by atoms with Crippen LogP contribution in [0.5, 0.6) is 0 Å². The maximum absolute atomic E-state index is 10.5. The number of nitrogens with one attached hydrogen (secondary N) is 2. The minimum absolute atomic E-state index is 0.442. The van der Waals surface area contributed by atoms with Crippen LogP contribution in [-0.2, 0) is 9.53 Å². The van der Waals surface area contributed by atoms with Gasteiger partial charge in [0.25, 0.3) is 5.91 Å². The summed E-state index contributed by atoms with van der Waals surface area (Å²) in [6.45, 7) is 0. The minimum Gasteiger partial charge on any atom is -0.353 e. The van der Waals surface area contributed by atoms with Crippen molar-refractivity contribution in [2.75, 3.05) is 7.11 Å². The fourth-order valence-corrected chi connectivity index (χ4v) is 1.60. The number of carbonyl (C=O) groups excluding carboxylic acids is 2. The van der Waals surface area contributed by atoms with Crippen LogP contribution >= 0.6 is 11.6 Å². The number of hydrogen-bond donors (Lipinski definition) is 2. The molecule has 0 aromatic rings. The van der Waals surface area contributed by atoms with Gasteiger partial charge in [-0.05, 0) is 11.3 Å². The van der Waals surface area contributed by atoms with Gasteiger partial charge in [0.15, 0.2) is 0 Å². The smallest absolute Gasteiger partial charge is 0.323 e. The van der Waals surface area contributed by atoms with Crippen LogP contribution in [0.2, 0.25) is 5.02 Å². The van der Waals surface area contributed by atoms with Crippen molar-refractivity contribution >= 4 is 23.5 Å². The van der Waals surface area contributed by atoms with E-state index in [9.17, 15) is 9.59 Å². The molecule has 2 N–H and O–H groups in total. The number of methoxy groups -OCH3 is 1. The summed E-state index contributed by atoms with van der Waals surface area (Å²) < 4.78 is 4.55. The highest BCUT2D eigenvalue weighted by atomic mass is 35.5. The van der Waals surface area contributed by atoms with Crippen molar-refractivity contribution in [3.63, 3.8) is 0 Å². The lowest BCUT2D eigenvalue weighted by atomic mass is 10.1. The molecule has 1 aliphatic heterocycles. The van der Waals surface area contributed by atoms with Crippen LogP contribution in [0.25, 0.3) is 0 Å². The molecule has 16 heavy (non-hydrogen) atoms. The maximum atomic E-state index is 10.5. The van der Waals surface area contributed by atoms with E-state index < -0.39 is 18.2 Å². The zero-order valence-electron chi connectivity index (χ0n) is 8.41. The Balaban J connectivity index is 0.000000123. The van der Waals surface area contributed by atoms with E-state index >= 15 is 0 Å². The van der Waals surface area contributed by atoms with Crippen LogP contribution in [0.15, 0.2) is 18.2 Å². The van der Waals surface area contributed by atoms with E-state index in [0.717, 1.165) is 5.02 Å². The lowest BCUT2D eigenvalue weighted by molar-refractivity contribution is -0.128. The molecular formula is C10H9ClN2O3. The van der Waals surface area contributed by atoms with Gasteiger partial charge in [-0.2, -0.15) is 0 Å². The molecule has 3 aliphatic rings. The highest BCUT2D eigenvalue weighted by molar-refractivity contribution is 6.31. The van der Waals surface area contributed by atoms with Gasteiger partial charge in [0, 0.05) is 17.4 Å². The van der Waals surface area contributed by atoms with E-state index in [1.807, 2.05) is 17.4 Å². The number of halogens is 1. The van der Waals surface area contributed by atoms with Crippen LogP contribution in [-0.4, -0.2) is 25.3 Å². The first-order valence-corrected chi connectivity index (χ1v) is 4.93. The quantitative estimate of drug-likeness (QED) is 0.723. The van der Waals surface area contributed by atoms with E-state index in [2.05, 4.69) is 16.1 Å². The van der Waals surface area contributed by atoms with Gasteiger partial charge in [-0.25, -0.2) is 4.79 Å². The Morgan fingerprint density at radius 1 is 1.38 bits per heavy atom. The van der Waals surface area contributed by atoms with Crippen molar-refractivity contribution in [2.45, 2.75) is 6.23 Å². The second kappa shape index (κ2) is 4.11. The molecule has 84 valence electrons.